The Bertz CT molecular complexity index is 762. The van der Waals surface area contributed by atoms with Crippen molar-refractivity contribution in [2.24, 2.45) is 5.92 Å². The van der Waals surface area contributed by atoms with Crippen LogP contribution in [0.5, 0.6) is 0 Å². The fourth-order valence-electron chi connectivity index (χ4n) is 2.99. The van der Waals surface area contributed by atoms with Crippen molar-refractivity contribution >= 4 is 23.4 Å². The SMILES string of the molecule is O=C(NCC1CC(=O)N(Cc2ccccc2)C1)c1c(F)cccc1Cl. The molecule has 1 fully saturated rings. The highest BCUT2D eigenvalue weighted by molar-refractivity contribution is 6.33. The van der Waals surface area contributed by atoms with Gasteiger partial charge in [-0.15, -0.1) is 0 Å². The molecule has 0 spiro atoms. The molecule has 1 heterocycles. The van der Waals surface area contributed by atoms with Gasteiger partial charge < -0.3 is 10.2 Å². The number of likely N-dealkylation sites (tertiary alicyclic amines) is 1. The number of hydrogen-bond acceptors (Lipinski definition) is 2. The van der Waals surface area contributed by atoms with Gasteiger partial charge in [-0.3, -0.25) is 9.59 Å². The van der Waals surface area contributed by atoms with Crippen LogP contribution in [0.1, 0.15) is 22.3 Å². The molecule has 25 heavy (non-hydrogen) atoms. The summed E-state index contributed by atoms with van der Waals surface area (Å²) in [5.41, 5.74) is 0.910. The summed E-state index contributed by atoms with van der Waals surface area (Å²) in [4.78, 5) is 26.1. The third-order valence-electron chi connectivity index (χ3n) is 4.25. The van der Waals surface area contributed by atoms with Crippen molar-refractivity contribution in [3.63, 3.8) is 0 Å². The first kappa shape index (κ1) is 17.4. The molecule has 1 aliphatic rings. The topological polar surface area (TPSA) is 49.4 Å². The van der Waals surface area contributed by atoms with Crippen LogP contribution in [0, 0.1) is 11.7 Å². The lowest BCUT2D eigenvalue weighted by Gasteiger charge is -2.17. The molecule has 0 radical (unpaired) electrons. The molecular weight excluding hydrogens is 343 g/mol. The van der Waals surface area contributed by atoms with Crippen molar-refractivity contribution in [2.45, 2.75) is 13.0 Å². The van der Waals surface area contributed by atoms with E-state index in [-0.39, 0.29) is 22.4 Å². The molecule has 0 aliphatic carbocycles. The van der Waals surface area contributed by atoms with Crippen molar-refractivity contribution in [1.82, 2.24) is 10.2 Å². The van der Waals surface area contributed by atoms with E-state index in [0.717, 1.165) is 5.56 Å². The standard InChI is InChI=1S/C19H18ClFN2O2/c20-15-7-4-8-16(21)18(15)19(25)22-10-14-9-17(24)23(12-14)11-13-5-2-1-3-6-13/h1-8,14H,9-12H2,(H,22,25). The summed E-state index contributed by atoms with van der Waals surface area (Å²) >= 11 is 5.89. The van der Waals surface area contributed by atoms with Crippen molar-refractivity contribution < 1.29 is 14.0 Å². The smallest absolute Gasteiger partial charge is 0.255 e. The maximum absolute atomic E-state index is 13.8. The van der Waals surface area contributed by atoms with E-state index in [9.17, 15) is 14.0 Å². The van der Waals surface area contributed by atoms with Crippen LogP contribution in [0.15, 0.2) is 48.5 Å². The summed E-state index contributed by atoms with van der Waals surface area (Å²) < 4.78 is 13.8. The highest BCUT2D eigenvalue weighted by Crippen LogP contribution is 2.21. The van der Waals surface area contributed by atoms with Crippen LogP contribution in [-0.4, -0.2) is 29.8 Å². The van der Waals surface area contributed by atoms with E-state index < -0.39 is 11.7 Å². The largest absolute Gasteiger partial charge is 0.352 e. The predicted molar refractivity (Wildman–Crippen MR) is 93.7 cm³/mol. The van der Waals surface area contributed by atoms with Crippen LogP contribution in [0.3, 0.4) is 0 Å². The number of nitrogens with zero attached hydrogens (tertiary/aromatic N) is 1. The third-order valence-corrected chi connectivity index (χ3v) is 4.57. The van der Waals surface area contributed by atoms with E-state index in [0.29, 0.717) is 26.1 Å². The lowest BCUT2D eigenvalue weighted by Crippen LogP contribution is -2.31. The van der Waals surface area contributed by atoms with Gasteiger partial charge in [0.2, 0.25) is 5.91 Å². The Balaban J connectivity index is 1.56. The Kier molecular flexibility index (Phi) is 5.34. The molecule has 0 aromatic heterocycles. The number of nitrogens with one attached hydrogen (secondary N) is 1. The molecule has 2 amide bonds. The number of carbonyl (C=O) groups excluding carboxylic acids is 2. The summed E-state index contributed by atoms with van der Waals surface area (Å²) in [5, 5.41) is 2.76. The molecule has 2 aromatic rings. The number of benzene rings is 2. The van der Waals surface area contributed by atoms with Crippen molar-refractivity contribution in [3.05, 3.63) is 70.5 Å². The van der Waals surface area contributed by atoms with E-state index in [2.05, 4.69) is 5.32 Å². The second kappa shape index (κ2) is 7.66. The number of amides is 2. The van der Waals surface area contributed by atoms with Gasteiger partial charge in [0.25, 0.3) is 5.91 Å². The molecule has 130 valence electrons. The summed E-state index contributed by atoms with van der Waals surface area (Å²) in [6.07, 6.45) is 0.373. The van der Waals surface area contributed by atoms with Gasteiger partial charge in [-0.25, -0.2) is 4.39 Å². The molecule has 1 N–H and O–H groups in total. The Labute approximate surface area is 150 Å². The van der Waals surface area contributed by atoms with Crippen LogP contribution in [0.2, 0.25) is 5.02 Å². The molecule has 0 bridgehead atoms. The quantitative estimate of drug-likeness (QED) is 0.889. The van der Waals surface area contributed by atoms with Gasteiger partial charge in [-0.2, -0.15) is 0 Å². The van der Waals surface area contributed by atoms with E-state index >= 15 is 0 Å². The van der Waals surface area contributed by atoms with E-state index in [1.807, 2.05) is 30.3 Å². The second-order valence-electron chi connectivity index (χ2n) is 6.14. The Morgan fingerprint density at radius 2 is 1.96 bits per heavy atom. The predicted octanol–water partition coefficient (Wildman–Crippen LogP) is 3.26. The van der Waals surface area contributed by atoms with Crippen LogP contribution < -0.4 is 5.32 Å². The molecule has 6 heteroatoms. The molecule has 1 atom stereocenters. The molecule has 1 aliphatic heterocycles. The Morgan fingerprint density at radius 3 is 2.68 bits per heavy atom. The minimum atomic E-state index is -0.654. The van der Waals surface area contributed by atoms with E-state index in [4.69, 9.17) is 11.6 Å². The monoisotopic (exact) mass is 360 g/mol. The fraction of sp³-hybridized carbons (Fsp3) is 0.263. The van der Waals surface area contributed by atoms with E-state index in [1.165, 1.54) is 18.2 Å². The first-order chi connectivity index (χ1) is 12.0. The van der Waals surface area contributed by atoms with Crippen LogP contribution in [0.4, 0.5) is 4.39 Å². The second-order valence-corrected chi connectivity index (χ2v) is 6.54. The average Bonchev–Trinajstić information content (AvgIpc) is 2.93. The average molecular weight is 361 g/mol. The maximum atomic E-state index is 13.8. The Morgan fingerprint density at radius 1 is 1.20 bits per heavy atom. The van der Waals surface area contributed by atoms with Gasteiger partial charge >= 0.3 is 0 Å². The van der Waals surface area contributed by atoms with Gasteiger partial charge in [-0.05, 0) is 17.7 Å². The zero-order valence-electron chi connectivity index (χ0n) is 13.5. The van der Waals surface area contributed by atoms with Crippen LogP contribution >= 0.6 is 11.6 Å². The normalized spacial score (nSPS) is 17.0. The van der Waals surface area contributed by atoms with Crippen molar-refractivity contribution in [1.29, 1.82) is 0 Å². The summed E-state index contributed by atoms with van der Waals surface area (Å²) in [6, 6.07) is 13.9. The first-order valence-corrected chi connectivity index (χ1v) is 8.46. The minimum absolute atomic E-state index is 0.00529. The fourth-order valence-corrected chi connectivity index (χ4v) is 3.24. The van der Waals surface area contributed by atoms with Gasteiger partial charge in [-0.1, -0.05) is 48.0 Å². The lowest BCUT2D eigenvalue weighted by molar-refractivity contribution is -0.128. The minimum Gasteiger partial charge on any atom is -0.352 e. The van der Waals surface area contributed by atoms with Gasteiger partial charge in [0.1, 0.15) is 5.82 Å². The number of rotatable bonds is 5. The summed E-state index contributed by atoms with van der Waals surface area (Å²) in [7, 11) is 0. The Hall–Kier alpha value is -2.40. The third kappa shape index (κ3) is 4.17. The van der Waals surface area contributed by atoms with E-state index in [1.54, 1.807) is 4.90 Å². The molecule has 0 saturated carbocycles. The highest BCUT2D eigenvalue weighted by atomic mass is 35.5. The van der Waals surface area contributed by atoms with Crippen molar-refractivity contribution in [3.8, 4) is 0 Å². The maximum Gasteiger partial charge on any atom is 0.255 e. The van der Waals surface area contributed by atoms with Crippen molar-refractivity contribution in [2.75, 3.05) is 13.1 Å². The van der Waals surface area contributed by atoms with Gasteiger partial charge in [0.05, 0.1) is 10.6 Å². The van der Waals surface area contributed by atoms with Gasteiger partial charge in [0, 0.05) is 32.0 Å². The molecule has 2 aromatic carbocycles. The lowest BCUT2D eigenvalue weighted by atomic mass is 10.1. The molecule has 1 unspecified atom stereocenters. The molecule has 3 rings (SSSR count). The van der Waals surface area contributed by atoms with Gasteiger partial charge in [0.15, 0.2) is 0 Å². The zero-order valence-corrected chi connectivity index (χ0v) is 14.3. The highest BCUT2D eigenvalue weighted by Gasteiger charge is 2.30. The molecule has 1 saturated heterocycles. The van der Waals surface area contributed by atoms with Crippen LogP contribution in [-0.2, 0) is 11.3 Å². The summed E-state index contributed by atoms with van der Waals surface area (Å²) in [6.45, 7) is 1.43. The number of hydrogen-bond donors (Lipinski definition) is 1. The number of carbonyl (C=O) groups is 2. The molecular formula is C19H18ClFN2O2. The molecule has 4 nitrogen and oxygen atoms in total. The first-order valence-electron chi connectivity index (χ1n) is 8.08. The zero-order chi connectivity index (χ0) is 17.8. The van der Waals surface area contributed by atoms with Crippen LogP contribution in [0.25, 0.3) is 0 Å². The number of halogens is 2. The summed E-state index contributed by atoms with van der Waals surface area (Å²) in [5.74, 6) is -1.15.